The van der Waals surface area contributed by atoms with Crippen molar-refractivity contribution in [3.63, 3.8) is 0 Å². The van der Waals surface area contributed by atoms with Crippen molar-refractivity contribution in [1.29, 1.82) is 0 Å². The summed E-state index contributed by atoms with van der Waals surface area (Å²) < 4.78 is 5.26. The molecule has 1 aliphatic rings. The number of aromatic nitrogens is 1. The van der Waals surface area contributed by atoms with Crippen molar-refractivity contribution in [2.24, 2.45) is 0 Å². The van der Waals surface area contributed by atoms with Crippen LogP contribution in [0.4, 0.5) is 0 Å². The zero-order chi connectivity index (χ0) is 10.7. The molecule has 82 valence electrons. The molecule has 1 N–H and O–H groups in total. The normalized spacial score (nSPS) is 17.7. The van der Waals surface area contributed by atoms with Gasteiger partial charge in [0.1, 0.15) is 0 Å². The predicted molar refractivity (Wildman–Crippen MR) is 60.6 cm³/mol. The van der Waals surface area contributed by atoms with E-state index in [1.807, 2.05) is 6.07 Å². The van der Waals surface area contributed by atoms with Gasteiger partial charge in [0.25, 0.3) is 0 Å². The molecule has 3 nitrogen and oxygen atoms in total. The molecule has 0 saturated carbocycles. The number of hydrogen-bond donors (Lipinski definition) is 1. The maximum Gasteiger partial charge on any atom is 0.216 e. The van der Waals surface area contributed by atoms with Crippen LogP contribution in [0.2, 0.25) is 5.02 Å². The first-order chi connectivity index (χ1) is 7.31. The molecule has 1 aromatic heterocycles. The number of pyridine rings is 1. The molecule has 1 aliphatic heterocycles. The summed E-state index contributed by atoms with van der Waals surface area (Å²) in [6.45, 7) is 2.11. The Morgan fingerprint density at radius 2 is 2.20 bits per heavy atom. The first-order valence-corrected chi connectivity index (χ1v) is 5.59. The van der Waals surface area contributed by atoms with E-state index in [4.69, 9.17) is 16.3 Å². The molecule has 1 aromatic rings. The molecule has 0 amide bonds. The van der Waals surface area contributed by atoms with E-state index in [-0.39, 0.29) is 0 Å². The summed E-state index contributed by atoms with van der Waals surface area (Å²) in [5.41, 5.74) is 1.14. The van der Waals surface area contributed by atoms with Gasteiger partial charge in [-0.25, -0.2) is 4.98 Å². The second-order valence-corrected chi connectivity index (χ2v) is 4.21. The van der Waals surface area contributed by atoms with Crippen LogP contribution < -0.4 is 10.1 Å². The molecule has 1 saturated heterocycles. The highest BCUT2D eigenvalue weighted by Crippen LogP contribution is 2.32. The van der Waals surface area contributed by atoms with Gasteiger partial charge in [-0.1, -0.05) is 11.6 Å². The fraction of sp³-hybridized carbons (Fsp3) is 0.545. The van der Waals surface area contributed by atoms with Crippen LogP contribution in [0.3, 0.4) is 0 Å². The predicted octanol–water partition coefficient (Wildman–Crippen LogP) is 2.21. The van der Waals surface area contributed by atoms with E-state index in [1.165, 1.54) is 0 Å². The number of halogens is 1. The number of piperidine rings is 1. The van der Waals surface area contributed by atoms with Crippen LogP contribution >= 0.6 is 11.6 Å². The zero-order valence-corrected chi connectivity index (χ0v) is 9.55. The summed E-state index contributed by atoms with van der Waals surface area (Å²) in [5.74, 6) is 1.23. The minimum absolute atomic E-state index is 0.521. The third-order valence-electron chi connectivity index (χ3n) is 2.82. The van der Waals surface area contributed by atoms with Crippen molar-refractivity contribution < 1.29 is 4.74 Å². The lowest BCUT2D eigenvalue weighted by Gasteiger charge is -2.24. The fourth-order valence-corrected chi connectivity index (χ4v) is 2.20. The topological polar surface area (TPSA) is 34.1 Å². The highest BCUT2D eigenvalue weighted by atomic mass is 35.5. The summed E-state index contributed by atoms with van der Waals surface area (Å²) in [4.78, 5) is 4.20. The van der Waals surface area contributed by atoms with E-state index >= 15 is 0 Å². The SMILES string of the molecule is COc1ncc(Cl)cc1C1CCNCC1. The molecule has 0 spiro atoms. The highest BCUT2D eigenvalue weighted by molar-refractivity contribution is 6.30. The average Bonchev–Trinajstić information content (AvgIpc) is 2.30. The van der Waals surface area contributed by atoms with Crippen LogP contribution in [-0.4, -0.2) is 25.2 Å². The van der Waals surface area contributed by atoms with Crippen LogP contribution in [0.5, 0.6) is 5.88 Å². The summed E-state index contributed by atoms with van der Waals surface area (Å²) in [5, 5.41) is 4.03. The number of nitrogens with zero attached hydrogens (tertiary/aromatic N) is 1. The molecule has 0 bridgehead atoms. The summed E-state index contributed by atoms with van der Waals surface area (Å²) in [6.07, 6.45) is 3.88. The average molecular weight is 227 g/mol. The lowest BCUT2D eigenvalue weighted by atomic mass is 9.91. The summed E-state index contributed by atoms with van der Waals surface area (Å²) in [6, 6.07) is 1.98. The minimum Gasteiger partial charge on any atom is -0.481 e. The van der Waals surface area contributed by atoms with Gasteiger partial charge in [-0.05, 0) is 37.9 Å². The van der Waals surface area contributed by atoms with E-state index in [2.05, 4.69) is 10.3 Å². The number of hydrogen-bond acceptors (Lipinski definition) is 3. The Hall–Kier alpha value is -0.800. The first-order valence-electron chi connectivity index (χ1n) is 5.21. The maximum atomic E-state index is 5.96. The Bertz CT molecular complexity index is 337. The number of rotatable bonds is 2. The van der Waals surface area contributed by atoms with Crippen LogP contribution in [0.25, 0.3) is 0 Å². The van der Waals surface area contributed by atoms with Crippen molar-refractivity contribution in [3.05, 3.63) is 22.8 Å². The van der Waals surface area contributed by atoms with E-state index in [9.17, 15) is 0 Å². The van der Waals surface area contributed by atoms with Gasteiger partial charge >= 0.3 is 0 Å². The van der Waals surface area contributed by atoms with Gasteiger partial charge in [0.15, 0.2) is 0 Å². The van der Waals surface area contributed by atoms with Gasteiger partial charge in [-0.2, -0.15) is 0 Å². The molecule has 0 radical (unpaired) electrons. The lowest BCUT2D eigenvalue weighted by Crippen LogP contribution is -2.26. The molecular weight excluding hydrogens is 212 g/mol. The molecule has 1 fully saturated rings. The van der Waals surface area contributed by atoms with Crippen molar-refractivity contribution in [2.75, 3.05) is 20.2 Å². The van der Waals surface area contributed by atoms with Gasteiger partial charge < -0.3 is 10.1 Å². The third-order valence-corrected chi connectivity index (χ3v) is 3.02. The van der Waals surface area contributed by atoms with Gasteiger partial charge in [0.2, 0.25) is 5.88 Å². The van der Waals surface area contributed by atoms with Gasteiger partial charge in [-0.15, -0.1) is 0 Å². The van der Waals surface area contributed by atoms with Crippen LogP contribution in [0.15, 0.2) is 12.3 Å². The molecule has 15 heavy (non-hydrogen) atoms. The van der Waals surface area contributed by atoms with E-state index in [0.29, 0.717) is 16.8 Å². The Balaban J connectivity index is 2.27. The van der Waals surface area contributed by atoms with Crippen LogP contribution in [0.1, 0.15) is 24.3 Å². The largest absolute Gasteiger partial charge is 0.481 e. The van der Waals surface area contributed by atoms with Crippen molar-refractivity contribution in [1.82, 2.24) is 10.3 Å². The molecule has 0 atom stereocenters. The second-order valence-electron chi connectivity index (χ2n) is 3.78. The van der Waals surface area contributed by atoms with Crippen molar-refractivity contribution in [3.8, 4) is 5.88 Å². The van der Waals surface area contributed by atoms with E-state index in [0.717, 1.165) is 31.5 Å². The fourth-order valence-electron chi connectivity index (χ4n) is 2.04. The second kappa shape index (κ2) is 4.81. The van der Waals surface area contributed by atoms with Gasteiger partial charge in [-0.3, -0.25) is 0 Å². The molecule has 0 aliphatic carbocycles. The molecule has 2 rings (SSSR count). The Kier molecular flexibility index (Phi) is 3.44. The first kappa shape index (κ1) is 10.7. The van der Waals surface area contributed by atoms with E-state index < -0.39 is 0 Å². The standard InChI is InChI=1S/C11H15ClN2O/c1-15-11-10(6-9(12)7-14-11)8-2-4-13-5-3-8/h6-8,13H,2-5H2,1H3. The third kappa shape index (κ3) is 2.41. The van der Waals surface area contributed by atoms with Gasteiger partial charge in [0.05, 0.1) is 12.1 Å². The maximum absolute atomic E-state index is 5.96. The molecular formula is C11H15ClN2O. The monoisotopic (exact) mass is 226 g/mol. The molecule has 0 aromatic carbocycles. The number of methoxy groups -OCH3 is 1. The quantitative estimate of drug-likeness (QED) is 0.840. The van der Waals surface area contributed by atoms with E-state index in [1.54, 1.807) is 13.3 Å². The van der Waals surface area contributed by atoms with Crippen LogP contribution in [0, 0.1) is 0 Å². The minimum atomic E-state index is 0.521. The summed E-state index contributed by atoms with van der Waals surface area (Å²) in [7, 11) is 1.65. The Morgan fingerprint density at radius 1 is 1.47 bits per heavy atom. The van der Waals surface area contributed by atoms with Crippen molar-refractivity contribution >= 4 is 11.6 Å². The smallest absolute Gasteiger partial charge is 0.216 e. The Labute approximate surface area is 94.8 Å². The van der Waals surface area contributed by atoms with Crippen molar-refractivity contribution in [2.45, 2.75) is 18.8 Å². The number of nitrogens with one attached hydrogen (secondary N) is 1. The molecule has 4 heteroatoms. The summed E-state index contributed by atoms with van der Waals surface area (Å²) >= 11 is 5.96. The number of ether oxygens (including phenoxy) is 1. The molecule has 0 unspecified atom stereocenters. The van der Waals surface area contributed by atoms with Gasteiger partial charge in [0, 0.05) is 11.8 Å². The molecule has 2 heterocycles. The zero-order valence-electron chi connectivity index (χ0n) is 8.79. The highest BCUT2D eigenvalue weighted by Gasteiger charge is 2.19. The lowest BCUT2D eigenvalue weighted by molar-refractivity contribution is 0.377. The Morgan fingerprint density at radius 3 is 2.87 bits per heavy atom. The van der Waals surface area contributed by atoms with Crippen LogP contribution in [-0.2, 0) is 0 Å².